The van der Waals surface area contributed by atoms with Gasteiger partial charge in [0.2, 0.25) is 0 Å². The molecule has 20 heavy (non-hydrogen) atoms. The van der Waals surface area contributed by atoms with Crippen molar-refractivity contribution in [3.63, 3.8) is 0 Å². The van der Waals surface area contributed by atoms with E-state index in [1.807, 2.05) is 6.20 Å². The summed E-state index contributed by atoms with van der Waals surface area (Å²) < 4.78 is 2.12. The lowest BCUT2D eigenvalue weighted by molar-refractivity contribution is 0.452. The molecule has 0 radical (unpaired) electrons. The van der Waals surface area contributed by atoms with Crippen molar-refractivity contribution in [2.75, 3.05) is 6.54 Å². The third-order valence-corrected chi connectivity index (χ3v) is 3.50. The normalized spacial score (nSPS) is 11.9. The molecule has 1 aromatic heterocycles. The Morgan fingerprint density at radius 2 is 1.95 bits per heavy atom. The molecule has 0 aliphatic carbocycles. The molecule has 0 aliphatic heterocycles. The number of halogens is 1. The lowest BCUT2D eigenvalue weighted by atomic mass is 10.1. The fourth-order valence-corrected chi connectivity index (χ4v) is 2.15. The second-order valence-corrected chi connectivity index (χ2v) is 4.94. The fourth-order valence-electron chi connectivity index (χ4n) is 2.15. The average Bonchev–Trinajstić information content (AvgIpc) is 2.92. The van der Waals surface area contributed by atoms with Gasteiger partial charge in [0.25, 0.3) is 0 Å². The molecule has 0 amide bonds. The number of benzene rings is 1. The van der Waals surface area contributed by atoms with Gasteiger partial charge < -0.3 is 5.32 Å². The molecule has 0 saturated carbocycles. The second-order valence-electron chi connectivity index (χ2n) is 4.94. The minimum absolute atomic E-state index is 0. The van der Waals surface area contributed by atoms with Crippen molar-refractivity contribution in [3.8, 4) is 0 Å². The van der Waals surface area contributed by atoms with E-state index in [1.54, 1.807) is 0 Å². The molecule has 2 aromatic rings. The number of nitrogens with one attached hydrogen (secondary N) is 1. The Kier molecular flexibility index (Phi) is 7.34. The summed E-state index contributed by atoms with van der Waals surface area (Å²) in [4.78, 5) is 0. The minimum atomic E-state index is 0. The summed E-state index contributed by atoms with van der Waals surface area (Å²) in [5.41, 5.74) is 2.65. The van der Waals surface area contributed by atoms with Crippen molar-refractivity contribution >= 4 is 12.4 Å². The standard InChI is InChI=1S/C16H23N3.ClH/c1-3-14(2)19-16(10-12-18-19)13-17-11-9-15-7-5-4-6-8-15;/h4-8,10,12,14,17H,3,9,11,13H2,1-2H3;1H. The topological polar surface area (TPSA) is 29.9 Å². The van der Waals surface area contributed by atoms with E-state index in [0.717, 1.165) is 25.9 Å². The number of hydrogen-bond acceptors (Lipinski definition) is 2. The number of rotatable bonds is 7. The number of aromatic nitrogens is 2. The van der Waals surface area contributed by atoms with Crippen LogP contribution in [0.25, 0.3) is 0 Å². The van der Waals surface area contributed by atoms with Crippen molar-refractivity contribution in [2.24, 2.45) is 0 Å². The van der Waals surface area contributed by atoms with Crippen LogP contribution in [0.4, 0.5) is 0 Å². The molecule has 1 N–H and O–H groups in total. The molecule has 0 bridgehead atoms. The zero-order valence-electron chi connectivity index (χ0n) is 12.2. The maximum Gasteiger partial charge on any atom is 0.0525 e. The largest absolute Gasteiger partial charge is 0.311 e. The van der Waals surface area contributed by atoms with Gasteiger partial charge in [-0.05, 0) is 37.9 Å². The van der Waals surface area contributed by atoms with Gasteiger partial charge in [0, 0.05) is 18.8 Å². The highest BCUT2D eigenvalue weighted by molar-refractivity contribution is 5.85. The third-order valence-electron chi connectivity index (χ3n) is 3.50. The zero-order chi connectivity index (χ0) is 13.5. The van der Waals surface area contributed by atoms with Crippen LogP contribution in [0.15, 0.2) is 42.6 Å². The van der Waals surface area contributed by atoms with E-state index in [4.69, 9.17) is 0 Å². The molecule has 1 heterocycles. The summed E-state index contributed by atoms with van der Waals surface area (Å²) in [6.07, 6.45) is 4.07. The highest BCUT2D eigenvalue weighted by Crippen LogP contribution is 2.11. The van der Waals surface area contributed by atoms with Crippen LogP contribution in [0, 0.1) is 0 Å². The van der Waals surface area contributed by atoms with Crippen LogP contribution in [-0.2, 0) is 13.0 Å². The summed E-state index contributed by atoms with van der Waals surface area (Å²) in [7, 11) is 0. The Hall–Kier alpha value is -1.32. The third kappa shape index (κ3) is 4.66. The second kappa shape index (κ2) is 8.77. The van der Waals surface area contributed by atoms with E-state index in [1.165, 1.54) is 11.3 Å². The summed E-state index contributed by atoms with van der Waals surface area (Å²) in [6, 6.07) is 13.2. The smallest absolute Gasteiger partial charge is 0.0525 e. The lowest BCUT2D eigenvalue weighted by Crippen LogP contribution is -2.20. The van der Waals surface area contributed by atoms with Crippen molar-refractivity contribution < 1.29 is 0 Å². The van der Waals surface area contributed by atoms with E-state index >= 15 is 0 Å². The molecule has 0 spiro atoms. The molecule has 1 unspecified atom stereocenters. The van der Waals surface area contributed by atoms with Gasteiger partial charge in [0.15, 0.2) is 0 Å². The van der Waals surface area contributed by atoms with Crippen LogP contribution in [-0.4, -0.2) is 16.3 Å². The van der Waals surface area contributed by atoms with Crippen molar-refractivity contribution in [1.82, 2.24) is 15.1 Å². The molecule has 1 atom stereocenters. The predicted molar refractivity (Wildman–Crippen MR) is 86.3 cm³/mol. The van der Waals surface area contributed by atoms with Gasteiger partial charge in [-0.2, -0.15) is 5.10 Å². The van der Waals surface area contributed by atoms with Crippen molar-refractivity contribution in [3.05, 3.63) is 53.9 Å². The van der Waals surface area contributed by atoms with Gasteiger partial charge in [-0.15, -0.1) is 12.4 Å². The van der Waals surface area contributed by atoms with Crippen LogP contribution >= 0.6 is 12.4 Å². The van der Waals surface area contributed by atoms with Crippen LogP contribution in [0.3, 0.4) is 0 Å². The Morgan fingerprint density at radius 3 is 2.65 bits per heavy atom. The van der Waals surface area contributed by atoms with Gasteiger partial charge in [-0.1, -0.05) is 37.3 Å². The molecular formula is C16H24ClN3. The average molecular weight is 294 g/mol. The van der Waals surface area contributed by atoms with Crippen molar-refractivity contribution in [1.29, 1.82) is 0 Å². The first-order chi connectivity index (χ1) is 9.31. The molecule has 0 aliphatic rings. The molecule has 0 fully saturated rings. The lowest BCUT2D eigenvalue weighted by Gasteiger charge is -2.14. The Bertz CT molecular complexity index is 481. The maximum atomic E-state index is 4.40. The van der Waals surface area contributed by atoms with Crippen LogP contribution in [0.2, 0.25) is 0 Å². The number of nitrogens with zero attached hydrogens (tertiary/aromatic N) is 2. The summed E-state index contributed by atoms with van der Waals surface area (Å²) in [5, 5.41) is 7.90. The summed E-state index contributed by atoms with van der Waals surface area (Å²) >= 11 is 0. The highest BCUT2D eigenvalue weighted by Gasteiger charge is 2.07. The number of hydrogen-bond donors (Lipinski definition) is 1. The Balaban J connectivity index is 0.00000200. The molecule has 1 aromatic carbocycles. The van der Waals surface area contributed by atoms with E-state index in [-0.39, 0.29) is 12.4 Å². The Morgan fingerprint density at radius 1 is 1.20 bits per heavy atom. The van der Waals surface area contributed by atoms with E-state index in [0.29, 0.717) is 6.04 Å². The van der Waals surface area contributed by atoms with Gasteiger partial charge in [-0.3, -0.25) is 4.68 Å². The first-order valence-corrected chi connectivity index (χ1v) is 7.08. The minimum Gasteiger partial charge on any atom is -0.311 e. The van der Waals surface area contributed by atoms with E-state index in [2.05, 4.69) is 65.3 Å². The highest BCUT2D eigenvalue weighted by atomic mass is 35.5. The van der Waals surface area contributed by atoms with Gasteiger partial charge in [0.05, 0.1) is 5.69 Å². The first kappa shape index (κ1) is 16.7. The van der Waals surface area contributed by atoms with Gasteiger partial charge >= 0.3 is 0 Å². The van der Waals surface area contributed by atoms with E-state index < -0.39 is 0 Å². The molecular weight excluding hydrogens is 270 g/mol. The monoisotopic (exact) mass is 293 g/mol. The SMILES string of the molecule is CCC(C)n1nccc1CNCCc1ccccc1.Cl. The van der Waals surface area contributed by atoms with Crippen LogP contribution in [0.1, 0.15) is 37.6 Å². The Labute approximate surface area is 127 Å². The molecule has 3 nitrogen and oxygen atoms in total. The first-order valence-electron chi connectivity index (χ1n) is 7.08. The molecule has 4 heteroatoms. The van der Waals surface area contributed by atoms with Gasteiger partial charge in [-0.25, -0.2) is 0 Å². The zero-order valence-corrected chi connectivity index (χ0v) is 13.1. The molecule has 110 valence electrons. The summed E-state index contributed by atoms with van der Waals surface area (Å²) in [5.74, 6) is 0. The predicted octanol–water partition coefficient (Wildman–Crippen LogP) is 3.61. The fraction of sp³-hybridized carbons (Fsp3) is 0.438. The summed E-state index contributed by atoms with van der Waals surface area (Å²) in [6.45, 7) is 6.28. The van der Waals surface area contributed by atoms with Crippen LogP contribution < -0.4 is 5.32 Å². The van der Waals surface area contributed by atoms with Crippen LogP contribution in [0.5, 0.6) is 0 Å². The maximum absolute atomic E-state index is 4.40. The van der Waals surface area contributed by atoms with Crippen molar-refractivity contribution in [2.45, 2.75) is 39.3 Å². The van der Waals surface area contributed by atoms with E-state index in [9.17, 15) is 0 Å². The molecule has 2 rings (SSSR count). The molecule has 0 saturated heterocycles. The van der Waals surface area contributed by atoms with Gasteiger partial charge in [0.1, 0.15) is 0 Å². The quantitative estimate of drug-likeness (QED) is 0.790.